The second kappa shape index (κ2) is 9.72. The number of amides is 1. The molecule has 2 heterocycles. The molecule has 3 aromatic rings. The Labute approximate surface area is 201 Å². The number of piperidine rings is 1. The van der Waals surface area contributed by atoms with Gasteiger partial charge in [0.15, 0.2) is 11.0 Å². The fraction of sp³-hybridized carbons (Fsp3) is 0.444. The van der Waals surface area contributed by atoms with Crippen molar-refractivity contribution in [2.75, 3.05) is 5.75 Å². The van der Waals surface area contributed by atoms with Gasteiger partial charge in [0.05, 0.1) is 5.75 Å². The van der Waals surface area contributed by atoms with Crippen LogP contribution in [0.15, 0.2) is 59.8 Å². The Bertz CT molecular complexity index is 1080. The molecule has 1 aliphatic rings. The Balaban J connectivity index is 1.63. The highest BCUT2D eigenvalue weighted by Crippen LogP contribution is 2.31. The summed E-state index contributed by atoms with van der Waals surface area (Å²) >= 11 is 1.47. The predicted molar refractivity (Wildman–Crippen MR) is 136 cm³/mol. The molecule has 174 valence electrons. The standard InChI is InChI=1S/C27H34N4OS/c1-19-10-9-11-20(2)30(19)24(32)18-33-26-29-28-25(31(26)23-12-7-6-8-13-23)21-14-16-22(17-15-21)27(3,4)5/h6-8,12-17,19-20H,9-11,18H2,1-5H3. The van der Waals surface area contributed by atoms with E-state index in [9.17, 15) is 4.79 Å². The van der Waals surface area contributed by atoms with E-state index in [1.807, 2.05) is 18.2 Å². The lowest BCUT2D eigenvalue weighted by Crippen LogP contribution is -2.48. The number of benzene rings is 2. The Morgan fingerprint density at radius 2 is 1.61 bits per heavy atom. The number of aromatic nitrogens is 3. The second-order valence-corrected chi connectivity index (χ2v) is 11.0. The first-order valence-corrected chi connectivity index (χ1v) is 12.8. The van der Waals surface area contributed by atoms with Crippen molar-refractivity contribution in [2.24, 2.45) is 0 Å². The van der Waals surface area contributed by atoms with E-state index in [-0.39, 0.29) is 11.3 Å². The van der Waals surface area contributed by atoms with Crippen LogP contribution in [0.4, 0.5) is 0 Å². The van der Waals surface area contributed by atoms with Gasteiger partial charge in [0.2, 0.25) is 5.91 Å². The molecule has 1 aromatic heterocycles. The van der Waals surface area contributed by atoms with E-state index in [4.69, 9.17) is 0 Å². The molecule has 1 amide bonds. The maximum absolute atomic E-state index is 13.1. The van der Waals surface area contributed by atoms with Crippen LogP contribution in [0.25, 0.3) is 17.1 Å². The minimum absolute atomic E-state index is 0.0930. The smallest absolute Gasteiger partial charge is 0.233 e. The van der Waals surface area contributed by atoms with Crippen LogP contribution in [0.1, 0.15) is 59.4 Å². The van der Waals surface area contributed by atoms with E-state index in [2.05, 4.69) is 90.7 Å². The number of likely N-dealkylation sites (tertiary alicyclic amines) is 1. The molecule has 0 spiro atoms. The third-order valence-electron chi connectivity index (χ3n) is 6.46. The average molecular weight is 463 g/mol. The number of para-hydroxylation sites is 1. The van der Waals surface area contributed by atoms with Crippen LogP contribution in [0, 0.1) is 0 Å². The zero-order chi connectivity index (χ0) is 23.6. The van der Waals surface area contributed by atoms with Gasteiger partial charge in [-0.05, 0) is 56.2 Å². The largest absolute Gasteiger partial charge is 0.337 e. The number of carbonyl (C=O) groups excluding carboxylic acids is 1. The lowest BCUT2D eigenvalue weighted by atomic mass is 9.87. The van der Waals surface area contributed by atoms with Crippen molar-refractivity contribution in [1.29, 1.82) is 0 Å². The number of hydrogen-bond donors (Lipinski definition) is 0. The molecule has 2 atom stereocenters. The first kappa shape index (κ1) is 23.6. The summed E-state index contributed by atoms with van der Waals surface area (Å²) in [4.78, 5) is 15.2. The van der Waals surface area contributed by atoms with Crippen LogP contribution in [0.2, 0.25) is 0 Å². The number of hydrogen-bond acceptors (Lipinski definition) is 4. The van der Waals surface area contributed by atoms with Gasteiger partial charge in [0.25, 0.3) is 0 Å². The van der Waals surface area contributed by atoms with E-state index in [0.29, 0.717) is 17.8 Å². The van der Waals surface area contributed by atoms with Crippen LogP contribution in [-0.2, 0) is 10.2 Å². The molecule has 0 saturated carbocycles. The van der Waals surface area contributed by atoms with E-state index in [1.165, 1.54) is 23.7 Å². The van der Waals surface area contributed by atoms with Crippen LogP contribution >= 0.6 is 11.8 Å². The minimum Gasteiger partial charge on any atom is -0.337 e. The van der Waals surface area contributed by atoms with Gasteiger partial charge in [0.1, 0.15) is 0 Å². The molecule has 1 aliphatic heterocycles. The molecular formula is C27H34N4OS. The van der Waals surface area contributed by atoms with Gasteiger partial charge in [-0.2, -0.15) is 0 Å². The summed E-state index contributed by atoms with van der Waals surface area (Å²) in [6.07, 6.45) is 3.35. The van der Waals surface area contributed by atoms with Crippen LogP contribution in [0.5, 0.6) is 0 Å². The molecule has 4 rings (SSSR count). The van der Waals surface area contributed by atoms with Gasteiger partial charge in [0, 0.05) is 23.3 Å². The number of rotatable bonds is 5. The third-order valence-corrected chi connectivity index (χ3v) is 7.38. The zero-order valence-electron chi connectivity index (χ0n) is 20.3. The van der Waals surface area contributed by atoms with Crippen molar-refractivity contribution in [3.63, 3.8) is 0 Å². The first-order chi connectivity index (χ1) is 15.8. The topological polar surface area (TPSA) is 51.0 Å². The molecule has 1 saturated heterocycles. The molecule has 1 fully saturated rings. The highest BCUT2D eigenvalue weighted by Gasteiger charge is 2.29. The second-order valence-electron chi connectivity index (χ2n) is 10.0. The predicted octanol–water partition coefficient (Wildman–Crippen LogP) is 6.11. The highest BCUT2D eigenvalue weighted by molar-refractivity contribution is 7.99. The summed E-state index contributed by atoms with van der Waals surface area (Å²) < 4.78 is 2.06. The molecule has 0 N–H and O–H groups in total. The molecular weight excluding hydrogens is 428 g/mol. The van der Waals surface area contributed by atoms with E-state index >= 15 is 0 Å². The number of nitrogens with zero attached hydrogens (tertiary/aromatic N) is 4. The summed E-state index contributed by atoms with van der Waals surface area (Å²) in [6.45, 7) is 11.0. The summed E-state index contributed by atoms with van der Waals surface area (Å²) in [5.74, 6) is 1.33. The quantitative estimate of drug-likeness (QED) is 0.429. The summed E-state index contributed by atoms with van der Waals surface area (Å²) in [7, 11) is 0. The molecule has 0 radical (unpaired) electrons. The zero-order valence-corrected chi connectivity index (χ0v) is 21.1. The summed E-state index contributed by atoms with van der Waals surface area (Å²) in [6, 6.07) is 19.3. The Morgan fingerprint density at radius 1 is 0.970 bits per heavy atom. The van der Waals surface area contributed by atoms with Gasteiger partial charge >= 0.3 is 0 Å². The molecule has 5 nitrogen and oxygen atoms in total. The minimum atomic E-state index is 0.0930. The average Bonchev–Trinajstić information content (AvgIpc) is 3.21. The molecule has 2 aromatic carbocycles. The molecule has 2 unspecified atom stereocenters. The van der Waals surface area contributed by atoms with Gasteiger partial charge < -0.3 is 4.90 Å². The van der Waals surface area contributed by atoms with Gasteiger partial charge in [-0.1, -0.05) is 75.0 Å². The first-order valence-electron chi connectivity index (χ1n) is 11.8. The lowest BCUT2D eigenvalue weighted by molar-refractivity contribution is -0.134. The van der Waals surface area contributed by atoms with Crippen LogP contribution in [-0.4, -0.2) is 43.4 Å². The van der Waals surface area contributed by atoms with Crippen molar-refractivity contribution in [3.8, 4) is 17.1 Å². The fourth-order valence-corrected chi connectivity index (χ4v) is 5.41. The van der Waals surface area contributed by atoms with Gasteiger partial charge in [-0.15, -0.1) is 10.2 Å². The molecule has 0 aliphatic carbocycles. The number of carbonyl (C=O) groups is 1. The third kappa shape index (κ3) is 5.16. The van der Waals surface area contributed by atoms with Crippen LogP contribution in [0.3, 0.4) is 0 Å². The maximum atomic E-state index is 13.1. The molecule has 33 heavy (non-hydrogen) atoms. The van der Waals surface area contributed by atoms with Gasteiger partial charge in [-0.3, -0.25) is 9.36 Å². The Hall–Kier alpha value is -2.60. The molecule has 0 bridgehead atoms. The normalized spacial score (nSPS) is 19.0. The lowest BCUT2D eigenvalue weighted by Gasteiger charge is -2.39. The Kier molecular flexibility index (Phi) is 6.94. The fourth-order valence-electron chi connectivity index (χ4n) is 4.59. The van der Waals surface area contributed by atoms with E-state index in [0.717, 1.165) is 35.1 Å². The summed E-state index contributed by atoms with van der Waals surface area (Å²) in [5, 5.41) is 9.78. The monoisotopic (exact) mass is 462 g/mol. The van der Waals surface area contributed by atoms with Crippen molar-refractivity contribution in [3.05, 3.63) is 60.2 Å². The SMILES string of the molecule is CC1CCCC(C)N1C(=O)CSc1nnc(-c2ccc(C(C)(C)C)cc2)n1-c1ccccc1. The van der Waals surface area contributed by atoms with Crippen molar-refractivity contribution in [1.82, 2.24) is 19.7 Å². The van der Waals surface area contributed by atoms with E-state index in [1.54, 1.807) is 0 Å². The van der Waals surface area contributed by atoms with Crippen molar-refractivity contribution < 1.29 is 4.79 Å². The van der Waals surface area contributed by atoms with Crippen molar-refractivity contribution >= 4 is 17.7 Å². The van der Waals surface area contributed by atoms with Crippen LogP contribution < -0.4 is 0 Å². The van der Waals surface area contributed by atoms with Gasteiger partial charge in [-0.25, -0.2) is 0 Å². The van der Waals surface area contributed by atoms with Crippen molar-refractivity contribution in [2.45, 2.75) is 76.5 Å². The number of thioether (sulfide) groups is 1. The molecule has 6 heteroatoms. The Morgan fingerprint density at radius 3 is 2.21 bits per heavy atom. The van der Waals surface area contributed by atoms with E-state index < -0.39 is 0 Å². The maximum Gasteiger partial charge on any atom is 0.233 e. The highest BCUT2D eigenvalue weighted by atomic mass is 32.2. The summed E-state index contributed by atoms with van der Waals surface area (Å²) in [5.41, 5.74) is 3.38.